The molecule has 0 saturated heterocycles. The molecule has 0 aromatic rings. The molecule has 9 heavy (non-hydrogen) atoms. The highest BCUT2D eigenvalue weighted by Gasteiger charge is 2.14. The molecule has 5 N–H and O–H groups in total. The molecule has 0 amide bonds. The van der Waals surface area contributed by atoms with Crippen LogP contribution >= 0.6 is 0 Å². The van der Waals surface area contributed by atoms with Crippen LogP contribution in [-0.4, -0.2) is 11.8 Å². The molecule has 3 nitrogen and oxygen atoms in total. The average molecular weight is 131 g/mol. The number of hydrogen-bond acceptors (Lipinski definition) is 3. The molecule has 0 aliphatic carbocycles. The summed E-state index contributed by atoms with van der Waals surface area (Å²) in [5, 5.41) is 3.02. The molecule has 0 spiro atoms. The Balaban J connectivity index is 3.58. The number of nitrogens with one attached hydrogen (secondary N) is 1. The molecule has 0 aromatic heterocycles. The van der Waals surface area contributed by atoms with E-state index in [2.05, 4.69) is 26.1 Å². The van der Waals surface area contributed by atoms with Crippen LogP contribution in [0.1, 0.15) is 27.2 Å². The van der Waals surface area contributed by atoms with Crippen molar-refractivity contribution in [3.63, 3.8) is 0 Å². The standard InChI is InChI=1S/C6H17N3/c1-4-6(2,3)9-5(7)8/h5,9H,4,7-8H2,1-3H3. The van der Waals surface area contributed by atoms with Gasteiger partial charge in [0.1, 0.15) is 6.29 Å². The van der Waals surface area contributed by atoms with E-state index in [1.54, 1.807) is 0 Å². The smallest absolute Gasteiger partial charge is 0.107 e. The highest BCUT2D eigenvalue weighted by Crippen LogP contribution is 2.05. The fraction of sp³-hybridized carbons (Fsp3) is 1.00. The minimum atomic E-state index is -0.403. The third-order valence-electron chi connectivity index (χ3n) is 1.44. The zero-order valence-electron chi connectivity index (χ0n) is 6.44. The van der Waals surface area contributed by atoms with Gasteiger partial charge in [-0.2, -0.15) is 0 Å². The summed E-state index contributed by atoms with van der Waals surface area (Å²) < 4.78 is 0. The van der Waals surface area contributed by atoms with Gasteiger partial charge in [-0.05, 0) is 20.3 Å². The van der Waals surface area contributed by atoms with Crippen molar-refractivity contribution in [3.8, 4) is 0 Å². The molecule has 0 aliphatic rings. The topological polar surface area (TPSA) is 64.1 Å². The van der Waals surface area contributed by atoms with Gasteiger partial charge < -0.3 is 11.5 Å². The lowest BCUT2D eigenvalue weighted by molar-refractivity contribution is 0.331. The van der Waals surface area contributed by atoms with Crippen molar-refractivity contribution in [2.45, 2.75) is 39.0 Å². The van der Waals surface area contributed by atoms with Gasteiger partial charge in [-0.15, -0.1) is 0 Å². The lowest BCUT2D eigenvalue weighted by Crippen LogP contribution is -2.54. The highest BCUT2D eigenvalue weighted by molar-refractivity contribution is 4.75. The van der Waals surface area contributed by atoms with Crippen LogP contribution in [0, 0.1) is 0 Å². The molecule has 0 unspecified atom stereocenters. The van der Waals surface area contributed by atoms with E-state index in [0.29, 0.717) is 0 Å². The fourth-order valence-corrected chi connectivity index (χ4v) is 0.553. The maximum absolute atomic E-state index is 5.32. The number of hydrogen-bond donors (Lipinski definition) is 3. The van der Waals surface area contributed by atoms with E-state index in [1.807, 2.05) is 0 Å². The second kappa shape index (κ2) is 3.15. The number of nitrogens with two attached hydrogens (primary N) is 2. The maximum Gasteiger partial charge on any atom is 0.107 e. The lowest BCUT2D eigenvalue weighted by Gasteiger charge is -2.26. The molecular weight excluding hydrogens is 114 g/mol. The summed E-state index contributed by atoms with van der Waals surface area (Å²) in [5.74, 6) is 0. The molecular formula is C6H17N3. The van der Waals surface area contributed by atoms with Crippen LogP contribution in [0.25, 0.3) is 0 Å². The van der Waals surface area contributed by atoms with Crippen molar-refractivity contribution in [2.75, 3.05) is 0 Å². The van der Waals surface area contributed by atoms with Crippen molar-refractivity contribution < 1.29 is 0 Å². The molecule has 0 atom stereocenters. The highest BCUT2D eigenvalue weighted by atomic mass is 15.2. The largest absolute Gasteiger partial charge is 0.304 e. The summed E-state index contributed by atoms with van der Waals surface area (Å²) in [6, 6.07) is 0. The van der Waals surface area contributed by atoms with Gasteiger partial charge in [0.15, 0.2) is 0 Å². The first-order valence-corrected chi connectivity index (χ1v) is 3.27. The minimum absolute atomic E-state index is 0.0637. The molecule has 0 saturated carbocycles. The quantitative estimate of drug-likeness (QED) is 0.471. The molecule has 56 valence electrons. The van der Waals surface area contributed by atoms with Crippen LogP contribution in [-0.2, 0) is 0 Å². The van der Waals surface area contributed by atoms with Gasteiger partial charge in [0, 0.05) is 5.54 Å². The van der Waals surface area contributed by atoms with Gasteiger partial charge in [0.05, 0.1) is 0 Å². The van der Waals surface area contributed by atoms with Gasteiger partial charge in [-0.1, -0.05) is 6.92 Å². The van der Waals surface area contributed by atoms with E-state index < -0.39 is 6.29 Å². The molecule has 0 aliphatic heterocycles. The Morgan fingerprint density at radius 3 is 2.00 bits per heavy atom. The number of rotatable bonds is 3. The van der Waals surface area contributed by atoms with Crippen molar-refractivity contribution >= 4 is 0 Å². The van der Waals surface area contributed by atoms with Gasteiger partial charge >= 0.3 is 0 Å². The zero-order chi connectivity index (χ0) is 7.49. The van der Waals surface area contributed by atoms with E-state index in [4.69, 9.17) is 11.5 Å². The van der Waals surface area contributed by atoms with Gasteiger partial charge in [-0.25, -0.2) is 0 Å². The second-order valence-corrected chi connectivity index (χ2v) is 2.91. The molecule has 0 radical (unpaired) electrons. The summed E-state index contributed by atoms with van der Waals surface area (Å²) in [7, 11) is 0. The van der Waals surface area contributed by atoms with E-state index in [0.717, 1.165) is 6.42 Å². The first-order valence-electron chi connectivity index (χ1n) is 3.27. The Hall–Kier alpha value is -0.120. The third-order valence-corrected chi connectivity index (χ3v) is 1.44. The van der Waals surface area contributed by atoms with E-state index >= 15 is 0 Å². The lowest BCUT2D eigenvalue weighted by atomic mass is 10.0. The summed E-state index contributed by atoms with van der Waals surface area (Å²) >= 11 is 0. The molecule has 0 aromatic carbocycles. The van der Waals surface area contributed by atoms with Crippen molar-refractivity contribution in [2.24, 2.45) is 11.5 Å². The zero-order valence-corrected chi connectivity index (χ0v) is 6.44. The van der Waals surface area contributed by atoms with Crippen LogP contribution in [0.2, 0.25) is 0 Å². The summed E-state index contributed by atoms with van der Waals surface area (Å²) in [6.07, 6.45) is 0.623. The molecule has 0 bridgehead atoms. The van der Waals surface area contributed by atoms with E-state index in [-0.39, 0.29) is 5.54 Å². The van der Waals surface area contributed by atoms with E-state index in [9.17, 15) is 0 Å². The first-order chi connectivity index (χ1) is 3.98. The molecule has 0 heterocycles. The van der Waals surface area contributed by atoms with Crippen molar-refractivity contribution in [1.82, 2.24) is 5.32 Å². The fourth-order valence-electron chi connectivity index (χ4n) is 0.553. The van der Waals surface area contributed by atoms with Crippen LogP contribution in [0.15, 0.2) is 0 Å². The summed E-state index contributed by atoms with van der Waals surface area (Å²) in [5.41, 5.74) is 10.7. The molecule has 0 rings (SSSR count). The Morgan fingerprint density at radius 1 is 1.44 bits per heavy atom. The van der Waals surface area contributed by atoms with Gasteiger partial charge in [0.25, 0.3) is 0 Å². The Kier molecular flexibility index (Phi) is 3.11. The van der Waals surface area contributed by atoms with Gasteiger partial charge in [0.2, 0.25) is 0 Å². The van der Waals surface area contributed by atoms with Gasteiger partial charge in [-0.3, -0.25) is 5.32 Å². The second-order valence-electron chi connectivity index (χ2n) is 2.91. The van der Waals surface area contributed by atoms with Crippen LogP contribution in [0.4, 0.5) is 0 Å². The van der Waals surface area contributed by atoms with Crippen LogP contribution in [0.5, 0.6) is 0 Å². The third kappa shape index (κ3) is 4.39. The maximum atomic E-state index is 5.32. The normalized spacial score (nSPS) is 12.7. The Labute approximate surface area is 56.8 Å². The Bertz CT molecular complexity index is 78.4. The predicted octanol–water partition coefficient (Wildman–Crippen LogP) is -0.0344. The minimum Gasteiger partial charge on any atom is -0.304 e. The Morgan fingerprint density at radius 2 is 1.89 bits per heavy atom. The average Bonchev–Trinajstić information content (AvgIpc) is 1.63. The summed E-state index contributed by atoms with van der Waals surface area (Å²) in [6.45, 7) is 6.23. The van der Waals surface area contributed by atoms with E-state index in [1.165, 1.54) is 0 Å². The first kappa shape index (κ1) is 8.88. The monoisotopic (exact) mass is 131 g/mol. The SMILES string of the molecule is CCC(C)(C)NC(N)N. The molecule has 3 heteroatoms. The van der Waals surface area contributed by atoms with Crippen LogP contribution in [0.3, 0.4) is 0 Å². The van der Waals surface area contributed by atoms with Crippen molar-refractivity contribution in [3.05, 3.63) is 0 Å². The molecule has 0 fully saturated rings. The summed E-state index contributed by atoms with van der Waals surface area (Å²) in [4.78, 5) is 0. The predicted molar refractivity (Wildman–Crippen MR) is 39.7 cm³/mol. The van der Waals surface area contributed by atoms with Crippen LogP contribution < -0.4 is 16.8 Å². The van der Waals surface area contributed by atoms with Crippen molar-refractivity contribution in [1.29, 1.82) is 0 Å².